The monoisotopic (exact) mass is 282 g/mol. The summed E-state index contributed by atoms with van der Waals surface area (Å²) in [6, 6.07) is 7.55. The van der Waals surface area contributed by atoms with Crippen molar-refractivity contribution in [1.29, 1.82) is 0 Å². The van der Waals surface area contributed by atoms with Crippen molar-refractivity contribution in [2.45, 2.75) is 0 Å². The third-order valence-corrected chi connectivity index (χ3v) is 3.33. The molecule has 0 bridgehead atoms. The van der Waals surface area contributed by atoms with Crippen molar-refractivity contribution in [1.82, 2.24) is 0 Å². The number of nitrogens with one attached hydrogen (secondary N) is 1. The minimum Gasteiger partial charge on any atom is -0.321 e. The highest BCUT2D eigenvalue weighted by molar-refractivity contribution is 7.12. The molecule has 0 unspecified atom stereocenters. The summed E-state index contributed by atoms with van der Waals surface area (Å²) in [6.07, 6.45) is 0. The van der Waals surface area contributed by atoms with Crippen LogP contribution in [0.3, 0.4) is 0 Å². The van der Waals surface area contributed by atoms with Crippen LogP contribution in [-0.2, 0) is 0 Å². The molecule has 1 aromatic carbocycles. The highest BCUT2D eigenvalue weighted by atomic mass is 35.5. The molecule has 0 aliphatic heterocycles. The summed E-state index contributed by atoms with van der Waals surface area (Å²) in [5.41, 5.74) is 0.102. The molecule has 1 heterocycles. The maximum Gasteiger partial charge on any atom is 0.289 e. The van der Waals surface area contributed by atoms with Crippen molar-refractivity contribution in [3.8, 4) is 0 Å². The molecular weight excluding hydrogens is 276 g/mol. The Balaban J connectivity index is 2.22. The molecule has 0 aliphatic rings. The zero-order valence-electron chi connectivity index (χ0n) is 8.92. The average Bonchev–Trinajstić information content (AvgIpc) is 2.85. The van der Waals surface area contributed by atoms with Crippen LogP contribution >= 0.6 is 22.9 Å². The molecule has 7 heteroatoms. The molecule has 0 aliphatic carbocycles. The smallest absolute Gasteiger partial charge is 0.289 e. The zero-order chi connectivity index (χ0) is 13.1. The molecule has 1 N–H and O–H groups in total. The molecule has 18 heavy (non-hydrogen) atoms. The van der Waals surface area contributed by atoms with E-state index in [0.29, 0.717) is 10.6 Å². The molecule has 1 amide bonds. The van der Waals surface area contributed by atoms with Gasteiger partial charge in [0, 0.05) is 11.8 Å². The van der Waals surface area contributed by atoms with Gasteiger partial charge >= 0.3 is 0 Å². The van der Waals surface area contributed by atoms with Crippen LogP contribution in [0.4, 0.5) is 11.4 Å². The summed E-state index contributed by atoms with van der Waals surface area (Å²) < 4.78 is 0. The van der Waals surface area contributed by atoms with E-state index in [4.69, 9.17) is 11.6 Å². The third kappa shape index (κ3) is 2.66. The van der Waals surface area contributed by atoms with E-state index >= 15 is 0 Å². The number of anilines is 1. The Labute approximate surface area is 111 Å². The van der Waals surface area contributed by atoms with E-state index in [0.717, 1.165) is 0 Å². The van der Waals surface area contributed by atoms with Gasteiger partial charge in [0.05, 0.1) is 9.80 Å². The van der Waals surface area contributed by atoms with Gasteiger partial charge in [0.25, 0.3) is 11.6 Å². The van der Waals surface area contributed by atoms with Crippen molar-refractivity contribution in [2.24, 2.45) is 0 Å². The molecule has 0 fully saturated rings. The maximum absolute atomic E-state index is 11.7. The number of thiophene rings is 1. The minimum absolute atomic E-state index is 0.0362. The summed E-state index contributed by atoms with van der Waals surface area (Å²) in [4.78, 5) is 22.4. The minimum atomic E-state index is -0.594. The van der Waals surface area contributed by atoms with E-state index in [2.05, 4.69) is 5.32 Å². The van der Waals surface area contributed by atoms with E-state index in [-0.39, 0.29) is 16.6 Å². The first-order valence-electron chi connectivity index (χ1n) is 4.87. The number of nitrogens with zero attached hydrogens (tertiary/aromatic N) is 1. The quantitative estimate of drug-likeness (QED) is 0.691. The Morgan fingerprint density at radius 2 is 2.17 bits per heavy atom. The van der Waals surface area contributed by atoms with Gasteiger partial charge < -0.3 is 5.32 Å². The van der Waals surface area contributed by atoms with E-state index < -0.39 is 4.92 Å². The van der Waals surface area contributed by atoms with Crippen LogP contribution in [0, 0.1) is 10.1 Å². The number of nitro groups is 1. The second-order valence-electron chi connectivity index (χ2n) is 3.35. The number of hydrogen-bond acceptors (Lipinski definition) is 4. The molecule has 1 aromatic heterocycles. The van der Waals surface area contributed by atoms with Crippen LogP contribution in [0.25, 0.3) is 0 Å². The second-order valence-corrected chi connectivity index (χ2v) is 4.71. The lowest BCUT2D eigenvalue weighted by atomic mass is 10.2. The molecule has 5 nitrogen and oxygen atoms in total. The Kier molecular flexibility index (Phi) is 3.59. The zero-order valence-corrected chi connectivity index (χ0v) is 10.5. The van der Waals surface area contributed by atoms with Gasteiger partial charge in [-0.15, -0.1) is 11.3 Å². The number of nitro benzene ring substituents is 1. The fourth-order valence-electron chi connectivity index (χ4n) is 1.33. The van der Waals surface area contributed by atoms with Crippen LogP contribution in [0.15, 0.2) is 35.7 Å². The number of carbonyl (C=O) groups excluding carboxylic acids is 1. The largest absolute Gasteiger partial charge is 0.321 e. The van der Waals surface area contributed by atoms with Crippen LogP contribution in [0.5, 0.6) is 0 Å². The summed E-state index contributed by atoms with van der Waals surface area (Å²) in [7, 11) is 0. The summed E-state index contributed by atoms with van der Waals surface area (Å²) in [5.74, 6) is -0.304. The molecule has 0 saturated heterocycles. The molecule has 0 spiro atoms. The number of benzene rings is 1. The molecule has 0 radical (unpaired) electrons. The van der Waals surface area contributed by atoms with Crippen LogP contribution in [0.1, 0.15) is 9.67 Å². The number of amides is 1. The molecule has 2 aromatic rings. The van der Waals surface area contributed by atoms with Crippen molar-refractivity contribution in [3.05, 3.63) is 55.7 Å². The Bertz CT molecular complexity index is 598. The standard InChI is InChI=1S/C11H7ClN2O3S/c12-8-4-3-7(6-9(8)14(16)17)13-11(15)10-2-1-5-18-10/h1-6H,(H,13,15). The van der Waals surface area contributed by atoms with Crippen LogP contribution in [-0.4, -0.2) is 10.8 Å². The fourth-order valence-corrected chi connectivity index (χ4v) is 2.14. The van der Waals surface area contributed by atoms with E-state index in [1.165, 1.54) is 29.5 Å². The maximum atomic E-state index is 11.7. The molecular formula is C11H7ClN2O3S. The van der Waals surface area contributed by atoms with Crippen molar-refractivity contribution in [2.75, 3.05) is 5.32 Å². The Morgan fingerprint density at radius 3 is 2.78 bits per heavy atom. The van der Waals surface area contributed by atoms with Gasteiger partial charge in [-0.05, 0) is 23.6 Å². The van der Waals surface area contributed by atoms with E-state index in [1.54, 1.807) is 17.5 Å². The first-order chi connectivity index (χ1) is 8.58. The average molecular weight is 283 g/mol. The highest BCUT2D eigenvalue weighted by Gasteiger charge is 2.14. The fraction of sp³-hybridized carbons (Fsp3) is 0. The van der Waals surface area contributed by atoms with Crippen molar-refractivity contribution in [3.63, 3.8) is 0 Å². The van der Waals surface area contributed by atoms with Gasteiger partial charge in [0.2, 0.25) is 0 Å². The first-order valence-corrected chi connectivity index (χ1v) is 6.12. The third-order valence-electron chi connectivity index (χ3n) is 2.15. The van der Waals surface area contributed by atoms with Crippen LogP contribution in [0.2, 0.25) is 5.02 Å². The van der Waals surface area contributed by atoms with Gasteiger partial charge in [0.15, 0.2) is 0 Å². The predicted molar refractivity (Wildman–Crippen MR) is 70.4 cm³/mol. The number of carbonyl (C=O) groups is 1. The molecule has 0 saturated carbocycles. The van der Waals surface area contributed by atoms with E-state index in [1.807, 2.05) is 0 Å². The summed E-state index contributed by atoms with van der Waals surface area (Å²) in [5, 5.41) is 15.1. The molecule has 92 valence electrons. The topological polar surface area (TPSA) is 72.2 Å². The Hall–Kier alpha value is -1.92. The van der Waals surface area contributed by atoms with Gasteiger partial charge in [0.1, 0.15) is 5.02 Å². The number of rotatable bonds is 3. The normalized spacial score (nSPS) is 10.1. The molecule has 2 rings (SSSR count). The first kappa shape index (κ1) is 12.5. The lowest BCUT2D eigenvalue weighted by Gasteiger charge is -2.04. The predicted octanol–water partition coefficient (Wildman–Crippen LogP) is 3.56. The lowest BCUT2D eigenvalue weighted by molar-refractivity contribution is -0.384. The number of hydrogen-bond donors (Lipinski definition) is 1. The van der Waals surface area contributed by atoms with Gasteiger partial charge in [-0.3, -0.25) is 14.9 Å². The Morgan fingerprint density at radius 1 is 1.39 bits per heavy atom. The number of halogens is 1. The lowest BCUT2D eigenvalue weighted by Crippen LogP contribution is -2.10. The van der Waals surface area contributed by atoms with Crippen molar-refractivity contribution < 1.29 is 9.72 Å². The summed E-state index contributed by atoms with van der Waals surface area (Å²) in [6.45, 7) is 0. The summed E-state index contributed by atoms with van der Waals surface area (Å²) >= 11 is 6.97. The SMILES string of the molecule is O=C(Nc1ccc(Cl)c([N+](=O)[O-])c1)c1cccs1. The second kappa shape index (κ2) is 5.16. The highest BCUT2D eigenvalue weighted by Crippen LogP contribution is 2.27. The van der Waals surface area contributed by atoms with Gasteiger partial charge in [-0.1, -0.05) is 17.7 Å². The van der Waals surface area contributed by atoms with Gasteiger partial charge in [-0.2, -0.15) is 0 Å². The van der Waals surface area contributed by atoms with Crippen LogP contribution < -0.4 is 5.32 Å². The van der Waals surface area contributed by atoms with Gasteiger partial charge in [-0.25, -0.2) is 0 Å². The van der Waals surface area contributed by atoms with Crippen molar-refractivity contribution >= 4 is 40.2 Å². The van der Waals surface area contributed by atoms with E-state index in [9.17, 15) is 14.9 Å². The molecule has 0 atom stereocenters.